The van der Waals surface area contributed by atoms with E-state index in [0.29, 0.717) is 5.71 Å². The highest BCUT2D eigenvalue weighted by Crippen LogP contribution is 2.32. The number of allylic oxidation sites excluding steroid dienone is 2. The van der Waals surface area contributed by atoms with Crippen LogP contribution in [0.4, 0.5) is 11.4 Å². The van der Waals surface area contributed by atoms with E-state index in [2.05, 4.69) is 10.3 Å². The molecule has 84 valence electrons. The zero-order chi connectivity index (χ0) is 11.8. The van der Waals surface area contributed by atoms with Gasteiger partial charge in [0.05, 0.1) is 29.1 Å². The molecular weight excluding hydrogens is 216 g/mol. The first-order valence-corrected chi connectivity index (χ1v) is 5.29. The molecule has 1 aromatic carbocycles. The van der Waals surface area contributed by atoms with Crippen molar-refractivity contribution in [3.05, 3.63) is 48.1 Å². The third-order valence-electron chi connectivity index (χ3n) is 2.84. The van der Waals surface area contributed by atoms with Gasteiger partial charge in [-0.1, -0.05) is 24.3 Å². The number of carbonyl (C=O) groups excluding carboxylic acids is 1. The number of aliphatic carboxylic acids is 1. The van der Waals surface area contributed by atoms with E-state index >= 15 is 0 Å². The van der Waals surface area contributed by atoms with Gasteiger partial charge in [0.2, 0.25) is 0 Å². The van der Waals surface area contributed by atoms with E-state index in [1.54, 1.807) is 18.2 Å². The molecule has 1 aliphatic heterocycles. The van der Waals surface area contributed by atoms with Crippen LogP contribution in [0.15, 0.2) is 53.1 Å². The molecule has 0 unspecified atom stereocenters. The number of nitrogens with zero attached hydrogens (tertiary/aromatic N) is 1. The number of hydrogen-bond donors (Lipinski definition) is 1. The molecule has 1 N–H and O–H groups in total. The number of carboxylic acid groups (broad SMARTS) is 1. The number of carboxylic acids is 1. The second-order valence-electron chi connectivity index (χ2n) is 3.90. The van der Waals surface area contributed by atoms with Gasteiger partial charge in [0.15, 0.2) is 0 Å². The first-order chi connectivity index (χ1) is 8.25. The third kappa shape index (κ3) is 1.54. The Bertz CT molecular complexity index is 585. The van der Waals surface area contributed by atoms with Crippen molar-refractivity contribution < 1.29 is 9.90 Å². The Balaban J connectivity index is 2.09. The minimum absolute atomic E-state index is 0.209. The van der Waals surface area contributed by atoms with Crippen LogP contribution in [0.2, 0.25) is 0 Å². The van der Waals surface area contributed by atoms with Gasteiger partial charge in [-0.2, -0.15) is 0 Å². The van der Waals surface area contributed by atoms with Gasteiger partial charge in [-0.05, 0) is 18.2 Å². The lowest BCUT2D eigenvalue weighted by atomic mass is 9.95. The lowest BCUT2D eigenvalue weighted by molar-refractivity contribution is -0.299. The normalized spacial score (nSPS) is 20.6. The predicted octanol–water partition coefficient (Wildman–Crippen LogP) is 0.799. The first kappa shape index (κ1) is 9.84. The zero-order valence-electron chi connectivity index (χ0n) is 8.88. The largest absolute Gasteiger partial charge is 0.545 e. The van der Waals surface area contributed by atoms with E-state index in [0.717, 1.165) is 11.4 Å². The Hall–Kier alpha value is -2.36. The molecule has 0 amide bonds. The van der Waals surface area contributed by atoms with Crippen LogP contribution in [0.3, 0.4) is 0 Å². The summed E-state index contributed by atoms with van der Waals surface area (Å²) in [5, 5.41) is 14.2. The molecule has 0 aromatic heterocycles. The van der Waals surface area contributed by atoms with Gasteiger partial charge in [-0.3, -0.25) is 0 Å². The highest BCUT2D eigenvalue weighted by atomic mass is 16.4. The molecule has 0 radical (unpaired) electrons. The number of para-hydroxylation sites is 2. The number of aliphatic imine (C=N–C) groups is 1. The van der Waals surface area contributed by atoms with E-state index < -0.39 is 12.0 Å². The molecule has 4 heteroatoms. The third-order valence-corrected chi connectivity index (χ3v) is 2.84. The Morgan fingerprint density at radius 2 is 2.18 bits per heavy atom. The van der Waals surface area contributed by atoms with Gasteiger partial charge in [0.1, 0.15) is 0 Å². The average molecular weight is 225 g/mol. The number of rotatable bonds is 1. The summed E-state index contributed by atoms with van der Waals surface area (Å²) in [5.74, 6) is -1.17. The molecule has 4 nitrogen and oxygen atoms in total. The monoisotopic (exact) mass is 225 g/mol. The molecule has 0 saturated heterocycles. The Kier molecular flexibility index (Phi) is 2.08. The van der Waals surface area contributed by atoms with Crippen molar-refractivity contribution >= 4 is 23.1 Å². The molecule has 1 aromatic rings. The molecule has 17 heavy (non-hydrogen) atoms. The van der Waals surface area contributed by atoms with Crippen LogP contribution in [0, 0.1) is 0 Å². The van der Waals surface area contributed by atoms with Crippen LogP contribution >= 0.6 is 0 Å². The maximum Gasteiger partial charge on any atom is 0.0958 e. The van der Waals surface area contributed by atoms with Gasteiger partial charge in [0, 0.05) is 5.57 Å². The molecular formula is C13H9N2O2-. The minimum Gasteiger partial charge on any atom is -0.545 e. The molecule has 1 aliphatic carbocycles. The van der Waals surface area contributed by atoms with Crippen molar-refractivity contribution in [1.29, 1.82) is 0 Å². The lowest BCUT2D eigenvalue weighted by Gasteiger charge is -2.29. The Morgan fingerprint density at radius 3 is 3.00 bits per heavy atom. The first-order valence-electron chi connectivity index (χ1n) is 5.29. The maximum absolute atomic E-state index is 11.0. The van der Waals surface area contributed by atoms with Crippen molar-refractivity contribution in [2.45, 2.75) is 6.04 Å². The summed E-state index contributed by atoms with van der Waals surface area (Å²) >= 11 is 0. The van der Waals surface area contributed by atoms with Crippen molar-refractivity contribution in [3.8, 4) is 0 Å². The van der Waals surface area contributed by atoms with E-state index in [-0.39, 0.29) is 5.57 Å². The molecule has 0 saturated carbocycles. The Morgan fingerprint density at radius 1 is 1.35 bits per heavy atom. The maximum atomic E-state index is 11.0. The summed E-state index contributed by atoms with van der Waals surface area (Å²) in [6.07, 6.45) is 5.02. The number of nitrogens with one attached hydrogen (secondary N) is 1. The van der Waals surface area contributed by atoms with E-state index in [1.165, 1.54) is 0 Å². The van der Waals surface area contributed by atoms with Crippen LogP contribution in [-0.2, 0) is 4.79 Å². The molecule has 1 atom stereocenters. The molecule has 0 bridgehead atoms. The number of hydrogen-bond acceptors (Lipinski definition) is 4. The fourth-order valence-electron chi connectivity index (χ4n) is 2.03. The number of carbonyl (C=O) groups is 1. The summed E-state index contributed by atoms with van der Waals surface area (Å²) in [6.45, 7) is 0. The topological polar surface area (TPSA) is 64.5 Å². The predicted molar refractivity (Wildman–Crippen MR) is 63.2 cm³/mol. The summed E-state index contributed by atoms with van der Waals surface area (Å²) < 4.78 is 0. The molecule has 0 fully saturated rings. The van der Waals surface area contributed by atoms with Gasteiger partial charge in [-0.25, -0.2) is 4.99 Å². The zero-order valence-corrected chi connectivity index (χ0v) is 8.88. The van der Waals surface area contributed by atoms with Crippen molar-refractivity contribution in [2.24, 2.45) is 4.99 Å². The van der Waals surface area contributed by atoms with Crippen molar-refractivity contribution in [3.63, 3.8) is 0 Å². The van der Waals surface area contributed by atoms with E-state index in [9.17, 15) is 9.90 Å². The second kappa shape index (κ2) is 3.59. The van der Waals surface area contributed by atoms with Gasteiger partial charge in [-0.15, -0.1) is 0 Å². The highest BCUT2D eigenvalue weighted by molar-refractivity contribution is 6.13. The SMILES string of the molecule is O=C([O-])C1=CC=CC2=Nc3ccccc3N[C@@H]12. The van der Waals surface area contributed by atoms with Gasteiger partial charge < -0.3 is 15.2 Å². The Labute approximate surface area is 98.0 Å². The van der Waals surface area contributed by atoms with Crippen LogP contribution in [0.5, 0.6) is 0 Å². The highest BCUT2D eigenvalue weighted by Gasteiger charge is 2.26. The van der Waals surface area contributed by atoms with Crippen LogP contribution in [0.25, 0.3) is 0 Å². The quantitative estimate of drug-likeness (QED) is 0.768. The van der Waals surface area contributed by atoms with Crippen LogP contribution in [-0.4, -0.2) is 17.7 Å². The summed E-state index contributed by atoms with van der Waals surface area (Å²) in [6, 6.07) is 7.12. The molecule has 0 spiro atoms. The molecule has 1 heterocycles. The second-order valence-corrected chi connectivity index (χ2v) is 3.90. The summed E-state index contributed by atoms with van der Waals surface area (Å²) in [4.78, 5) is 15.4. The fourth-order valence-corrected chi connectivity index (χ4v) is 2.03. The number of anilines is 1. The standard InChI is InChI=1S/C13H10N2O2/c16-13(17)8-4-3-7-11-12(8)15-10-6-2-1-5-9(10)14-11/h1-7,12,15H,(H,16,17)/p-1/t12-/m0/s1. The molecule has 3 rings (SSSR count). The minimum atomic E-state index is -1.17. The van der Waals surface area contributed by atoms with Crippen LogP contribution in [0.1, 0.15) is 0 Å². The van der Waals surface area contributed by atoms with Gasteiger partial charge in [0.25, 0.3) is 0 Å². The van der Waals surface area contributed by atoms with Gasteiger partial charge >= 0.3 is 0 Å². The number of benzene rings is 1. The average Bonchev–Trinajstić information content (AvgIpc) is 2.35. The van der Waals surface area contributed by atoms with Crippen molar-refractivity contribution in [2.75, 3.05) is 5.32 Å². The smallest absolute Gasteiger partial charge is 0.0958 e. The summed E-state index contributed by atoms with van der Waals surface area (Å²) in [7, 11) is 0. The van der Waals surface area contributed by atoms with Crippen LogP contribution < -0.4 is 10.4 Å². The lowest BCUT2D eigenvalue weighted by Crippen LogP contribution is -2.41. The van der Waals surface area contributed by atoms with Crippen molar-refractivity contribution in [1.82, 2.24) is 0 Å². The summed E-state index contributed by atoms with van der Waals surface area (Å²) in [5.41, 5.74) is 2.57. The number of fused-ring (bicyclic) bond motifs is 2. The molecule has 2 aliphatic rings. The van der Waals surface area contributed by atoms with E-state index in [1.807, 2.05) is 24.3 Å². The van der Waals surface area contributed by atoms with E-state index in [4.69, 9.17) is 0 Å². The fraction of sp³-hybridized carbons (Fsp3) is 0.0769.